The lowest BCUT2D eigenvalue weighted by Crippen LogP contribution is -2.67. The minimum Gasteiger partial charge on any atom is -0.354 e. The highest BCUT2D eigenvalue weighted by Crippen LogP contribution is 2.52. The van der Waals surface area contributed by atoms with Gasteiger partial charge in [-0.05, 0) is 37.8 Å². The Kier molecular flexibility index (Phi) is 4.61. The molecule has 3 heterocycles. The third-order valence-corrected chi connectivity index (χ3v) is 7.24. The fraction of sp³-hybridized carbons (Fsp3) is 0.647. The Morgan fingerprint density at radius 3 is 2.74 bits per heavy atom. The average molecular weight is 413 g/mol. The normalized spacial score (nSPS) is 19.7. The summed E-state index contributed by atoms with van der Waals surface area (Å²) in [5.41, 5.74) is 2.14. The molecule has 2 aromatic heterocycles. The molecule has 27 heavy (non-hydrogen) atoms. The molecule has 1 aliphatic carbocycles. The summed E-state index contributed by atoms with van der Waals surface area (Å²) >= 11 is 6.23. The van der Waals surface area contributed by atoms with Crippen LogP contribution in [0.3, 0.4) is 0 Å². The fourth-order valence-corrected chi connectivity index (χ4v) is 5.78. The first-order chi connectivity index (χ1) is 12.7. The van der Waals surface area contributed by atoms with Crippen LogP contribution in [0.4, 0.5) is 5.82 Å². The predicted molar refractivity (Wildman–Crippen MR) is 105 cm³/mol. The van der Waals surface area contributed by atoms with Crippen LogP contribution < -0.4 is 10.0 Å². The maximum absolute atomic E-state index is 11.9. The predicted octanol–water partition coefficient (Wildman–Crippen LogP) is 1.97. The topological polar surface area (TPSA) is 96.8 Å². The van der Waals surface area contributed by atoms with Gasteiger partial charge in [-0.1, -0.05) is 24.9 Å². The number of nitrogens with two attached hydrogens (primary N) is 1. The van der Waals surface area contributed by atoms with Gasteiger partial charge in [-0.25, -0.2) is 14.6 Å². The van der Waals surface area contributed by atoms with Gasteiger partial charge in [-0.15, -0.1) is 0 Å². The lowest BCUT2D eigenvalue weighted by molar-refractivity contribution is 0.0130. The summed E-state index contributed by atoms with van der Waals surface area (Å²) in [5.74, 6) is 0.887. The Morgan fingerprint density at radius 2 is 2.11 bits per heavy atom. The molecule has 4 rings (SSSR count). The summed E-state index contributed by atoms with van der Waals surface area (Å²) in [6.45, 7) is 6.29. The molecular weight excluding hydrogens is 388 g/mol. The van der Waals surface area contributed by atoms with Crippen molar-refractivity contribution >= 4 is 33.1 Å². The van der Waals surface area contributed by atoms with Crippen molar-refractivity contribution < 1.29 is 8.42 Å². The molecule has 148 valence electrons. The van der Waals surface area contributed by atoms with E-state index >= 15 is 0 Å². The van der Waals surface area contributed by atoms with Crippen molar-refractivity contribution in [1.29, 1.82) is 0 Å². The van der Waals surface area contributed by atoms with Crippen LogP contribution in [0.1, 0.15) is 38.2 Å². The molecule has 10 heteroatoms. The molecule has 2 aromatic rings. The Labute approximate surface area is 164 Å². The number of hydrogen-bond donors (Lipinski definition) is 1. The Bertz CT molecular complexity index is 961. The molecule has 1 spiro atoms. The monoisotopic (exact) mass is 412 g/mol. The highest BCUT2D eigenvalue weighted by atomic mass is 35.5. The van der Waals surface area contributed by atoms with Crippen LogP contribution in [0.5, 0.6) is 0 Å². The molecule has 0 amide bonds. The number of anilines is 1. The van der Waals surface area contributed by atoms with Crippen molar-refractivity contribution in [3.8, 4) is 0 Å². The molecule has 2 fully saturated rings. The van der Waals surface area contributed by atoms with Crippen molar-refractivity contribution in [2.45, 2.75) is 45.6 Å². The van der Waals surface area contributed by atoms with Crippen molar-refractivity contribution in [2.24, 2.45) is 10.6 Å². The van der Waals surface area contributed by atoms with Crippen LogP contribution in [0.25, 0.3) is 5.52 Å². The molecule has 0 radical (unpaired) electrons. The molecular formula is C17H25ClN6O2S. The van der Waals surface area contributed by atoms with E-state index in [0.29, 0.717) is 11.7 Å². The van der Waals surface area contributed by atoms with Gasteiger partial charge in [0.2, 0.25) is 0 Å². The number of fused-ring (bicyclic) bond motifs is 1. The van der Waals surface area contributed by atoms with Crippen LogP contribution >= 0.6 is 11.6 Å². The van der Waals surface area contributed by atoms with Gasteiger partial charge in [0.15, 0.2) is 5.82 Å². The molecule has 2 aliphatic rings. The SMILES string of the molecule is CCCCN(C1CC2(C1)CN(c1ncnn3c(Cl)cc(C)c13)C2)S(N)(=O)=O. The highest BCUT2D eigenvalue weighted by Gasteiger charge is 2.55. The van der Waals surface area contributed by atoms with E-state index in [4.69, 9.17) is 16.7 Å². The van der Waals surface area contributed by atoms with Crippen LogP contribution in [0.2, 0.25) is 5.15 Å². The van der Waals surface area contributed by atoms with Gasteiger partial charge in [0.05, 0.1) is 0 Å². The third-order valence-electron chi connectivity index (χ3n) is 5.84. The number of aromatic nitrogens is 3. The largest absolute Gasteiger partial charge is 0.354 e. The molecule has 0 atom stereocenters. The molecule has 2 N–H and O–H groups in total. The lowest BCUT2D eigenvalue weighted by atomic mass is 9.60. The maximum atomic E-state index is 11.9. The van der Waals surface area contributed by atoms with Crippen LogP contribution in [-0.4, -0.2) is 53.0 Å². The van der Waals surface area contributed by atoms with E-state index in [9.17, 15) is 8.42 Å². The third kappa shape index (κ3) is 3.20. The average Bonchev–Trinajstić information content (AvgIpc) is 2.81. The van der Waals surface area contributed by atoms with E-state index in [1.165, 1.54) is 10.6 Å². The number of halogens is 1. The minimum atomic E-state index is -3.65. The molecule has 0 bridgehead atoms. The maximum Gasteiger partial charge on any atom is 0.277 e. The minimum absolute atomic E-state index is 0.0172. The summed E-state index contributed by atoms with van der Waals surface area (Å²) in [5, 5.41) is 10.2. The lowest BCUT2D eigenvalue weighted by Gasteiger charge is -2.60. The van der Waals surface area contributed by atoms with E-state index in [-0.39, 0.29) is 11.5 Å². The standard InChI is InChI=1S/C17H25ClN6O2S/c1-3-4-5-23(27(19,25)26)13-7-17(8-13)9-22(10-17)16-15-12(2)6-14(18)24(15)21-11-20-16/h6,11,13H,3-5,7-10H2,1-2H3,(H2,19,25,26). The molecule has 0 aromatic carbocycles. The van der Waals surface area contributed by atoms with Gasteiger partial charge in [-0.3, -0.25) is 0 Å². The zero-order chi connectivity index (χ0) is 19.4. The van der Waals surface area contributed by atoms with Crippen LogP contribution in [0.15, 0.2) is 12.4 Å². The van der Waals surface area contributed by atoms with E-state index in [1.54, 1.807) is 4.52 Å². The second-order valence-electron chi connectivity index (χ2n) is 7.92. The molecule has 8 nitrogen and oxygen atoms in total. The smallest absolute Gasteiger partial charge is 0.277 e. The van der Waals surface area contributed by atoms with E-state index in [2.05, 4.69) is 15.0 Å². The Morgan fingerprint density at radius 1 is 1.41 bits per heavy atom. The molecule has 1 aliphatic heterocycles. The van der Waals surface area contributed by atoms with E-state index in [0.717, 1.165) is 55.7 Å². The van der Waals surface area contributed by atoms with Gasteiger partial charge >= 0.3 is 0 Å². The van der Waals surface area contributed by atoms with Gasteiger partial charge in [-0.2, -0.15) is 17.8 Å². The number of nitrogens with zero attached hydrogens (tertiary/aromatic N) is 5. The zero-order valence-electron chi connectivity index (χ0n) is 15.6. The van der Waals surface area contributed by atoms with Crippen molar-refractivity contribution in [3.63, 3.8) is 0 Å². The first-order valence-electron chi connectivity index (χ1n) is 9.27. The number of hydrogen-bond acceptors (Lipinski definition) is 5. The van der Waals surface area contributed by atoms with Crippen molar-refractivity contribution in [1.82, 2.24) is 18.9 Å². The summed E-state index contributed by atoms with van der Waals surface area (Å²) < 4.78 is 27.0. The molecule has 1 saturated heterocycles. The zero-order valence-corrected chi connectivity index (χ0v) is 17.2. The number of unbranched alkanes of at least 4 members (excludes halogenated alkanes) is 1. The second-order valence-corrected chi connectivity index (χ2v) is 9.81. The molecule has 0 unspecified atom stereocenters. The van der Waals surface area contributed by atoms with Gasteiger partial charge < -0.3 is 4.90 Å². The van der Waals surface area contributed by atoms with Gasteiger partial charge in [0.25, 0.3) is 10.2 Å². The first-order valence-corrected chi connectivity index (χ1v) is 11.2. The summed E-state index contributed by atoms with van der Waals surface area (Å²) in [7, 11) is -3.65. The first kappa shape index (κ1) is 18.9. The second kappa shape index (κ2) is 6.58. The van der Waals surface area contributed by atoms with E-state index < -0.39 is 10.2 Å². The number of rotatable bonds is 6. The number of aryl methyl sites for hydroxylation is 1. The summed E-state index contributed by atoms with van der Waals surface area (Å²) in [6.07, 6.45) is 5.01. The Hall–Kier alpha value is -1.42. The van der Waals surface area contributed by atoms with Gasteiger partial charge in [0, 0.05) is 31.1 Å². The quantitative estimate of drug-likeness (QED) is 0.782. The fourth-order valence-electron chi connectivity index (χ4n) is 4.54. The molecule has 1 saturated carbocycles. The van der Waals surface area contributed by atoms with Crippen LogP contribution in [0, 0.1) is 12.3 Å². The Balaban J connectivity index is 1.45. The van der Waals surface area contributed by atoms with Crippen molar-refractivity contribution in [3.05, 3.63) is 23.1 Å². The summed E-state index contributed by atoms with van der Waals surface area (Å²) in [4.78, 5) is 6.70. The van der Waals surface area contributed by atoms with Crippen LogP contribution in [-0.2, 0) is 10.2 Å². The van der Waals surface area contributed by atoms with E-state index in [1.807, 2.05) is 19.9 Å². The highest BCUT2D eigenvalue weighted by molar-refractivity contribution is 7.86. The van der Waals surface area contributed by atoms with Crippen molar-refractivity contribution in [2.75, 3.05) is 24.5 Å². The van der Waals surface area contributed by atoms with Gasteiger partial charge in [0.1, 0.15) is 17.0 Å². The summed E-state index contributed by atoms with van der Waals surface area (Å²) in [6, 6.07) is 1.91.